The quantitative estimate of drug-likeness (QED) is 0.759. The normalized spacial score (nSPS) is 25.1. The zero-order valence-electron chi connectivity index (χ0n) is 13.0. The predicted molar refractivity (Wildman–Crippen MR) is 85.6 cm³/mol. The maximum Gasteiger partial charge on any atom is 0.272 e. The zero-order chi connectivity index (χ0) is 15.0. The fourth-order valence-corrected chi connectivity index (χ4v) is 3.60. The van der Waals surface area contributed by atoms with Crippen molar-refractivity contribution < 1.29 is 14.3 Å². The molecule has 4 rings (SSSR count). The number of nitrogens with zero attached hydrogens (tertiary/aromatic N) is 1. The van der Waals surface area contributed by atoms with Crippen molar-refractivity contribution in [1.29, 1.82) is 0 Å². The van der Waals surface area contributed by atoms with Gasteiger partial charge in [0.2, 0.25) is 0 Å². The summed E-state index contributed by atoms with van der Waals surface area (Å²) in [4.78, 5) is 12.3. The van der Waals surface area contributed by atoms with Crippen molar-refractivity contribution in [2.45, 2.75) is 50.5 Å². The Hall–Kier alpha value is -1.15. The highest BCUT2D eigenvalue weighted by Gasteiger charge is 2.43. The van der Waals surface area contributed by atoms with Crippen LogP contribution in [0.15, 0.2) is 0 Å². The first-order chi connectivity index (χ1) is 10.8. The number of hydrogen-bond acceptors (Lipinski definition) is 5. The minimum Gasteiger partial charge on any atom is -0.348 e. The third kappa shape index (κ3) is 3.24. The van der Waals surface area contributed by atoms with Crippen LogP contribution in [0, 0.1) is 0 Å². The summed E-state index contributed by atoms with van der Waals surface area (Å²) in [5, 5.41) is 13.3. The lowest BCUT2D eigenvalue weighted by molar-refractivity contribution is -0.161. The molecule has 23 heavy (non-hydrogen) atoms. The lowest BCUT2D eigenvalue weighted by atomic mass is 10.1. The molecule has 1 aliphatic carbocycles. The molecular weight excluding hydrogens is 320 g/mol. The van der Waals surface area contributed by atoms with E-state index < -0.39 is 0 Å². The van der Waals surface area contributed by atoms with Crippen molar-refractivity contribution in [2.75, 3.05) is 19.7 Å². The first-order valence-corrected chi connectivity index (χ1v) is 8.13. The largest absolute Gasteiger partial charge is 0.348 e. The molecule has 3 heterocycles. The molecule has 1 spiro atoms. The first-order valence-electron chi connectivity index (χ1n) is 8.13. The summed E-state index contributed by atoms with van der Waals surface area (Å²) in [6.07, 6.45) is 5.08. The summed E-state index contributed by atoms with van der Waals surface area (Å²) in [5.74, 6) is -0.512. The molecule has 3 aliphatic rings. The number of carbonyl (C=O) groups excluding carboxylic acids is 1. The number of amides is 1. The van der Waals surface area contributed by atoms with E-state index in [2.05, 4.69) is 20.8 Å². The topological polar surface area (TPSA) is 88.3 Å². The van der Waals surface area contributed by atoms with E-state index in [4.69, 9.17) is 9.47 Å². The van der Waals surface area contributed by atoms with Crippen LogP contribution in [-0.4, -0.2) is 47.7 Å². The number of nitrogens with one attached hydrogen (secondary N) is 3. The van der Waals surface area contributed by atoms with Crippen molar-refractivity contribution in [1.82, 2.24) is 20.8 Å². The van der Waals surface area contributed by atoms with Crippen molar-refractivity contribution in [3.05, 3.63) is 17.0 Å². The summed E-state index contributed by atoms with van der Waals surface area (Å²) < 4.78 is 11.8. The van der Waals surface area contributed by atoms with Crippen molar-refractivity contribution in [3.63, 3.8) is 0 Å². The lowest BCUT2D eigenvalue weighted by Gasteiger charge is -2.21. The van der Waals surface area contributed by atoms with E-state index in [1.165, 1.54) is 0 Å². The van der Waals surface area contributed by atoms with Gasteiger partial charge in [0.25, 0.3) is 5.91 Å². The van der Waals surface area contributed by atoms with Crippen LogP contribution in [-0.2, 0) is 22.4 Å². The molecule has 1 unspecified atom stereocenters. The van der Waals surface area contributed by atoms with Gasteiger partial charge in [-0.1, -0.05) is 0 Å². The van der Waals surface area contributed by atoms with E-state index in [0.29, 0.717) is 25.4 Å². The predicted octanol–water partition coefficient (Wildman–Crippen LogP) is 0.893. The Bertz CT molecular complexity index is 571. The molecule has 1 aromatic rings. The number of carbonyl (C=O) groups is 1. The Kier molecular flexibility index (Phi) is 4.91. The summed E-state index contributed by atoms with van der Waals surface area (Å²) >= 11 is 0. The van der Waals surface area contributed by atoms with E-state index in [-0.39, 0.29) is 30.2 Å². The van der Waals surface area contributed by atoms with Gasteiger partial charge in [-0.15, -0.1) is 12.4 Å². The molecule has 8 heteroatoms. The second kappa shape index (κ2) is 6.76. The molecule has 0 aromatic carbocycles. The Morgan fingerprint density at radius 2 is 2.22 bits per heavy atom. The molecule has 1 saturated carbocycles. The van der Waals surface area contributed by atoms with Crippen LogP contribution in [0.3, 0.4) is 0 Å². The van der Waals surface area contributed by atoms with Gasteiger partial charge < -0.3 is 20.1 Å². The number of rotatable bonds is 3. The molecule has 1 amide bonds. The summed E-state index contributed by atoms with van der Waals surface area (Å²) in [6, 6.07) is 0. The number of aromatic nitrogens is 2. The first kappa shape index (κ1) is 16.7. The fourth-order valence-electron chi connectivity index (χ4n) is 3.60. The van der Waals surface area contributed by atoms with Crippen LogP contribution in [0.25, 0.3) is 0 Å². The van der Waals surface area contributed by atoms with E-state index in [1.807, 2.05) is 0 Å². The second-order valence-electron chi connectivity index (χ2n) is 6.33. The highest BCUT2D eigenvalue weighted by atomic mass is 35.5. The lowest BCUT2D eigenvalue weighted by Crippen LogP contribution is -2.36. The smallest absolute Gasteiger partial charge is 0.272 e. The Balaban J connectivity index is 0.00000156. The number of aromatic amines is 1. The number of H-pyrrole nitrogens is 1. The molecule has 0 bridgehead atoms. The molecule has 0 radical (unpaired) electrons. The third-order valence-corrected chi connectivity index (χ3v) is 4.79. The van der Waals surface area contributed by atoms with Crippen LogP contribution < -0.4 is 10.6 Å². The Labute approximate surface area is 141 Å². The highest BCUT2D eigenvalue weighted by molar-refractivity contribution is 5.94. The molecule has 1 atom stereocenters. The van der Waals surface area contributed by atoms with Crippen LogP contribution in [0.2, 0.25) is 0 Å². The van der Waals surface area contributed by atoms with Gasteiger partial charge in [-0.3, -0.25) is 9.89 Å². The van der Waals surface area contributed by atoms with Gasteiger partial charge in [0.1, 0.15) is 6.10 Å². The average molecular weight is 343 g/mol. The van der Waals surface area contributed by atoms with Gasteiger partial charge in [-0.2, -0.15) is 5.10 Å². The minimum absolute atomic E-state index is 0. The van der Waals surface area contributed by atoms with Gasteiger partial charge in [-0.25, -0.2) is 0 Å². The number of ether oxygens (including phenoxy) is 2. The molecule has 3 N–H and O–H groups in total. The summed E-state index contributed by atoms with van der Waals surface area (Å²) in [5.41, 5.74) is 2.55. The SMILES string of the molecule is Cl.O=C(NCC1COC2(CCCC2)O1)c1n[nH]c2c1CNCC2. The van der Waals surface area contributed by atoms with Gasteiger partial charge >= 0.3 is 0 Å². The number of hydrogen-bond donors (Lipinski definition) is 3. The van der Waals surface area contributed by atoms with E-state index in [0.717, 1.165) is 49.9 Å². The Morgan fingerprint density at radius 1 is 1.39 bits per heavy atom. The van der Waals surface area contributed by atoms with E-state index in [9.17, 15) is 4.79 Å². The van der Waals surface area contributed by atoms with Gasteiger partial charge in [0, 0.05) is 50.2 Å². The maximum absolute atomic E-state index is 12.3. The standard InChI is InChI=1S/C15H22N4O3.ClH/c20-14(13-11-8-16-6-3-12(11)18-19-13)17-7-10-9-21-15(22-10)4-1-2-5-15;/h10,16H,1-9H2,(H,17,20)(H,18,19);1H. The van der Waals surface area contributed by atoms with Crippen molar-refractivity contribution in [2.24, 2.45) is 0 Å². The van der Waals surface area contributed by atoms with Crippen molar-refractivity contribution in [3.8, 4) is 0 Å². The average Bonchev–Trinajstić information content (AvgIpc) is 3.26. The van der Waals surface area contributed by atoms with Crippen LogP contribution in [0.5, 0.6) is 0 Å². The van der Waals surface area contributed by atoms with Crippen LogP contribution >= 0.6 is 12.4 Å². The minimum atomic E-state index is -0.370. The third-order valence-electron chi connectivity index (χ3n) is 4.79. The maximum atomic E-state index is 12.3. The van der Waals surface area contributed by atoms with Gasteiger partial charge in [0.05, 0.1) is 6.61 Å². The zero-order valence-corrected chi connectivity index (χ0v) is 13.8. The van der Waals surface area contributed by atoms with Crippen LogP contribution in [0.1, 0.15) is 47.4 Å². The number of fused-ring (bicyclic) bond motifs is 1. The summed E-state index contributed by atoms with van der Waals surface area (Å²) in [7, 11) is 0. The van der Waals surface area contributed by atoms with Gasteiger partial charge in [-0.05, 0) is 12.8 Å². The van der Waals surface area contributed by atoms with E-state index >= 15 is 0 Å². The second-order valence-corrected chi connectivity index (χ2v) is 6.33. The van der Waals surface area contributed by atoms with E-state index in [1.54, 1.807) is 0 Å². The molecule has 1 saturated heterocycles. The molecule has 7 nitrogen and oxygen atoms in total. The molecule has 128 valence electrons. The molecule has 2 aliphatic heterocycles. The fraction of sp³-hybridized carbons (Fsp3) is 0.733. The monoisotopic (exact) mass is 342 g/mol. The Morgan fingerprint density at radius 3 is 3.04 bits per heavy atom. The van der Waals surface area contributed by atoms with Gasteiger partial charge in [0.15, 0.2) is 11.5 Å². The molecule has 2 fully saturated rings. The number of halogens is 1. The van der Waals surface area contributed by atoms with Crippen molar-refractivity contribution >= 4 is 18.3 Å². The van der Waals surface area contributed by atoms with Crippen LogP contribution in [0.4, 0.5) is 0 Å². The summed E-state index contributed by atoms with van der Waals surface area (Å²) in [6.45, 7) is 2.64. The molecular formula is C15H23ClN4O3. The highest BCUT2D eigenvalue weighted by Crippen LogP contribution is 2.38. The molecule has 1 aromatic heterocycles.